The highest BCUT2D eigenvalue weighted by Gasteiger charge is 2.22. The third-order valence-electron chi connectivity index (χ3n) is 2.72. The highest BCUT2D eigenvalue weighted by molar-refractivity contribution is 6.30. The maximum Gasteiger partial charge on any atom is 0.144 e. The third-order valence-corrected chi connectivity index (χ3v) is 3.01. The Morgan fingerprint density at radius 2 is 2.00 bits per heavy atom. The molecule has 16 heavy (non-hydrogen) atoms. The molecule has 0 saturated carbocycles. The van der Waals surface area contributed by atoms with Crippen LogP contribution in [0.4, 0.5) is 4.39 Å². The second-order valence-corrected chi connectivity index (χ2v) is 5.54. The molecule has 0 radical (unpaired) electrons. The van der Waals surface area contributed by atoms with Crippen LogP contribution in [-0.4, -0.2) is 11.2 Å². The molecule has 1 unspecified atom stereocenters. The van der Waals surface area contributed by atoms with Crippen molar-refractivity contribution < 1.29 is 9.50 Å². The van der Waals surface area contributed by atoms with Gasteiger partial charge in [-0.15, -0.1) is 0 Å². The van der Waals surface area contributed by atoms with Gasteiger partial charge >= 0.3 is 0 Å². The summed E-state index contributed by atoms with van der Waals surface area (Å²) in [6.07, 6.45) is 0.608. The Labute approximate surface area is 101 Å². The molecule has 3 heteroatoms. The predicted octanol–water partition coefficient (Wildman–Crippen LogP) is 3.82. The quantitative estimate of drug-likeness (QED) is 0.857. The summed E-state index contributed by atoms with van der Waals surface area (Å²) in [5, 5.41) is 9.99. The molecule has 1 atom stereocenters. The number of hydrogen-bond acceptors (Lipinski definition) is 1. The third kappa shape index (κ3) is 3.46. The van der Waals surface area contributed by atoms with Gasteiger partial charge in [0.1, 0.15) is 5.82 Å². The number of benzene rings is 1. The van der Waals surface area contributed by atoms with Crippen LogP contribution >= 0.6 is 11.6 Å². The Bertz CT molecular complexity index is 357. The first kappa shape index (κ1) is 13.5. The summed E-state index contributed by atoms with van der Waals surface area (Å²) in [6, 6.07) is 4.96. The van der Waals surface area contributed by atoms with Crippen LogP contribution in [0.1, 0.15) is 32.8 Å². The molecule has 1 N–H and O–H groups in total. The van der Waals surface area contributed by atoms with Crippen molar-refractivity contribution in [2.75, 3.05) is 0 Å². The van der Waals surface area contributed by atoms with Gasteiger partial charge < -0.3 is 5.11 Å². The van der Waals surface area contributed by atoms with Crippen LogP contribution < -0.4 is 0 Å². The van der Waals surface area contributed by atoms with Crippen molar-refractivity contribution in [3.63, 3.8) is 0 Å². The van der Waals surface area contributed by atoms with Crippen molar-refractivity contribution in [2.45, 2.75) is 39.7 Å². The highest BCUT2D eigenvalue weighted by atomic mass is 35.5. The topological polar surface area (TPSA) is 20.2 Å². The standard InChI is InChI=1S/C13H18ClFO/c1-13(2,3)11(16)8-7-9-5-4-6-10(14)12(9)15/h4-6,11,16H,7-8H2,1-3H3. The SMILES string of the molecule is CC(C)(C)C(O)CCc1cccc(Cl)c1F. The molecular formula is C13H18ClFO. The summed E-state index contributed by atoms with van der Waals surface area (Å²) in [4.78, 5) is 0. The van der Waals surface area contributed by atoms with E-state index in [1.165, 1.54) is 6.07 Å². The minimum absolute atomic E-state index is 0.141. The molecule has 0 spiro atoms. The van der Waals surface area contributed by atoms with E-state index in [4.69, 9.17) is 11.6 Å². The van der Waals surface area contributed by atoms with E-state index in [2.05, 4.69) is 0 Å². The number of rotatable bonds is 3. The van der Waals surface area contributed by atoms with Crippen LogP contribution in [0.15, 0.2) is 18.2 Å². The van der Waals surface area contributed by atoms with Gasteiger partial charge in [-0.25, -0.2) is 4.39 Å². The lowest BCUT2D eigenvalue weighted by Gasteiger charge is -2.25. The average Bonchev–Trinajstić information content (AvgIpc) is 2.18. The van der Waals surface area contributed by atoms with Crippen LogP contribution in [0.25, 0.3) is 0 Å². The van der Waals surface area contributed by atoms with Crippen molar-refractivity contribution in [2.24, 2.45) is 5.41 Å². The summed E-state index contributed by atoms with van der Waals surface area (Å²) in [7, 11) is 0. The highest BCUT2D eigenvalue weighted by Crippen LogP contribution is 2.25. The van der Waals surface area contributed by atoms with Crippen LogP contribution in [0, 0.1) is 11.2 Å². The molecule has 0 aliphatic carbocycles. The van der Waals surface area contributed by atoms with E-state index < -0.39 is 6.10 Å². The van der Waals surface area contributed by atoms with Crippen molar-refractivity contribution in [3.8, 4) is 0 Å². The number of aliphatic hydroxyl groups excluding tert-OH is 1. The minimum atomic E-state index is -0.439. The van der Waals surface area contributed by atoms with Gasteiger partial charge in [-0.05, 0) is 29.9 Å². The first-order valence-electron chi connectivity index (χ1n) is 5.43. The molecule has 1 aromatic carbocycles. The largest absolute Gasteiger partial charge is 0.393 e. The van der Waals surface area contributed by atoms with Gasteiger partial charge in [-0.1, -0.05) is 44.5 Å². The van der Waals surface area contributed by atoms with Crippen LogP contribution in [-0.2, 0) is 6.42 Å². The number of hydrogen-bond donors (Lipinski definition) is 1. The number of halogens is 2. The molecule has 0 saturated heterocycles. The molecule has 1 nitrogen and oxygen atoms in total. The maximum absolute atomic E-state index is 13.5. The van der Waals surface area contributed by atoms with Gasteiger partial charge in [0, 0.05) is 0 Å². The fourth-order valence-electron chi connectivity index (χ4n) is 1.47. The predicted molar refractivity (Wildman–Crippen MR) is 65.2 cm³/mol. The van der Waals surface area contributed by atoms with Crippen LogP contribution in [0.2, 0.25) is 5.02 Å². The van der Waals surface area contributed by atoms with Crippen molar-refractivity contribution in [1.82, 2.24) is 0 Å². The van der Waals surface area contributed by atoms with E-state index >= 15 is 0 Å². The molecule has 90 valence electrons. The van der Waals surface area contributed by atoms with Gasteiger partial charge in [0.05, 0.1) is 11.1 Å². The zero-order valence-electron chi connectivity index (χ0n) is 9.93. The Morgan fingerprint density at radius 1 is 1.38 bits per heavy atom. The van der Waals surface area contributed by atoms with Gasteiger partial charge in [-0.3, -0.25) is 0 Å². The lowest BCUT2D eigenvalue weighted by molar-refractivity contribution is 0.0558. The number of aryl methyl sites for hydroxylation is 1. The summed E-state index contributed by atoms with van der Waals surface area (Å²) in [5.74, 6) is -0.370. The van der Waals surface area contributed by atoms with E-state index in [9.17, 15) is 9.50 Å². The van der Waals surface area contributed by atoms with Crippen molar-refractivity contribution >= 4 is 11.6 Å². The van der Waals surface area contributed by atoms with Crippen molar-refractivity contribution in [1.29, 1.82) is 0 Å². The van der Waals surface area contributed by atoms with E-state index in [1.54, 1.807) is 12.1 Å². The molecule has 0 amide bonds. The molecule has 0 aliphatic heterocycles. The second kappa shape index (κ2) is 5.15. The lowest BCUT2D eigenvalue weighted by atomic mass is 9.86. The molecule has 0 fully saturated rings. The van der Waals surface area contributed by atoms with E-state index in [-0.39, 0.29) is 16.3 Å². The Hall–Kier alpha value is -0.600. The van der Waals surface area contributed by atoms with Gasteiger partial charge in [0.2, 0.25) is 0 Å². The van der Waals surface area contributed by atoms with Gasteiger partial charge in [0.15, 0.2) is 0 Å². The molecule has 0 aromatic heterocycles. The zero-order chi connectivity index (χ0) is 12.3. The van der Waals surface area contributed by atoms with Crippen LogP contribution in [0.3, 0.4) is 0 Å². The van der Waals surface area contributed by atoms with Gasteiger partial charge in [0.25, 0.3) is 0 Å². The second-order valence-electron chi connectivity index (χ2n) is 5.13. The molecule has 0 heterocycles. The lowest BCUT2D eigenvalue weighted by Crippen LogP contribution is -2.26. The van der Waals surface area contributed by atoms with E-state index in [0.717, 1.165) is 0 Å². The van der Waals surface area contributed by atoms with E-state index in [0.29, 0.717) is 18.4 Å². The monoisotopic (exact) mass is 244 g/mol. The fourth-order valence-corrected chi connectivity index (χ4v) is 1.66. The Balaban J connectivity index is 2.65. The van der Waals surface area contributed by atoms with Crippen LogP contribution in [0.5, 0.6) is 0 Å². The minimum Gasteiger partial charge on any atom is -0.393 e. The first-order chi connectivity index (χ1) is 7.32. The molecule has 0 aliphatic rings. The summed E-state index contributed by atoms with van der Waals surface area (Å²) in [6.45, 7) is 5.89. The Kier molecular flexibility index (Phi) is 4.34. The first-order valence-corrected chi connectivity index (χ1v) is 5.81. The zero-order valence-corrected chi connectivity index (χ0v) is 10.7. The van der Waals surface area contributed by atoms with Crippen molar-refractivity contribution in [3.05, 3.63) is 34.6 Å². The normalized spacial score (nSPS) is 13.9. The summed E-state index contributed by atoms with van der Waals surface area (Å²) < 4.78 is 13.5. The van der Waals surface area contributed by atoms with Gasteiger partial charge in [-0.2, -0.15) is 0 Å². The summed E-state index contributed by atoms with van der Waals surface area (Å²) in [5.41, 5.74) is 0.394. The molecule has 0 bridgehead atoms. The maximum atomic E-state index is 13.5. The molecule has 1 aromatic rings. The average molecular weight is 245 g/mol. The number of aliphatic hydroxyl groups is 1. The molecular weight excluding hydrogens is 227 g/mol. The smallest absolute Gasteiger partial charge is 0.144 e. The van der Waals surface area contributed by atoms with E-state index in [1.807, 2.05) is 20.8 Å². The Morgan fingerprint density at radius 3 is 2.56 bits per heavy atom. The fraction of sp³-hybridized carbons (Fsp3) is 0.538. The molecule has 1 rings (SSSR count). The summed E-state index contributed by atoms with van der Waals surface area (Å²) >= 11 is 5.68.